The zero-order valence-corrected chi connectivity index (χ0v) is 14.7. The SMILES string of the molecule is CC(C)=C1C=Cc2sc(C)c(C3=CC(C(C)(C)C)=CC3)c21. The molecule has 1 aromatic heterocycles. The summed E-state index contributed by atoms with van der Waals surface area (Å²) in [7, 11) is 0. The van der Waals surface area contributed by atoms with Crippen LogP contribution < -0.4 is 0 Å². The van der Waals surface area contributed by atoms with E-state index >= 15 is 0 Å². The van der Waals surface area contributed by atoms with Crippen molar-refractivity contribution >= 4 is 28.6 Å². The molecule has 0 aromatic carbocycles. The van der Waals surface area contributed by atoms with E-state index in [1.807, 2.05) is 11.3 Å². The van der Waals surface area contributed by atoms with Crippen molar-refractivity contribution in [2.45, 2.75) is 48.0 Å². The van der Waals surface area contributed by atoms with Crippen LogP contribution >= 0.6 is 11.3 Å². The Bertz CT molecular complexity index is 721. The van der Waals surface area contributed by atoms with E-state index in [-0.39, 0.29) is 5.41 Å². The first kappa shape index (κ1) is 14.6. The molecule has 0 nitrogen and oxygen atoms in total. The van der Waals surface area contributed by atoms with Crippen LogP contribution in [0.1, 0.15) is 61.9 Å². The fourth-order valence-electron chi connectivity index (χ4n) is 3.22. The zero-order chi connectivity index (χ0) is 15.4. The summed E-state index contributed by atoms with van der Waals surface area (Å²) in [5, 5.41) is 0. The molecule has 0 unspecified atom stereocenters. The van der Waals surface area contributed by atoms with Crippen LogP contribution in [0.3, 0.4) is 0 Å². The first-order chi connectivity index (χ1) is 9.79. The van der Waals surface area contributed by atoms with E-state index in [1.54, 1.807) is 0 Å². The molecule has 0 spiro atoms. The van der Waals surface area contributed by atoms with Gasteiger partial charge in [0.1, 0.15) is 0 Å². The number of thiophene rings is 1. The predicted octanol–water partition coefficient (Wildman–Crippen LogP) is 6.64. The highest BCUT2D eigenvalue weighted by Crippen LogP contribution is 2.47. The molecule has 1 heteroatoms. The topological polar surface area (TPSA) is 0 Å². The van der Waals surface area contributed by atoms with E-state index < -0.39 is 0 Å². The van der Waals surface area contributed by atoms with E-state index in [9.17, 15) is 0 Å². The van der Waals surface area contributed by atoms with Crippen molar-refractivity contribution in [2.75, 3.05) is 0 Å². The summed E-state index contributed by atoms with van der Waals surface area (Å²) < 4.78 is 0. The highest BCUT2D eigenvalue weighted by atomic mass is 32.1. The molecule has 0 radical (unpaired) electrons. The van der Waals surface area contributed by atoms with Gasteiger partial charge in [-0.3, -0.25) is 0 Å². The van der Waals surface area contributed by atoms with Gasteiger partial charge in [-0.25, -0.2) is 0 Å². The van der Waals surface area contributed by atoms with Crippen molar-refractivity contribution in [3.8, 4) is 0 Å². The highest BCUT2D eigenvalue weighted by Gasteiger charge is 2.26. The average molecular weight is 296 g/mol. The van der Waals surface area contributed by atoms with Crippen molar-refractivity contribution < 1.29 is 0 Å². The summed E-state index contributed by atoms with van der Waals surface area (Å²) in [6.07, 6.45) is 10.5. The fraction of sp³-hybridized carbons (Fsp3) is 0.400. The number of hydrogen-bond donors (Lipinski definition) is 0. The number of allylic oxidation sites excluding steroid dienone is 7. The molecular formula is C20H24S. The van der Waals surface area contributed by atoms with Gasteiger partial charge in [-0.2, -0.15) is 0 Å². The maximum Gasteiger partial charge on any atom is 0.0358 e. The van der Waals surface area contributed by atoms with Gasteiger partial charge in [-0.15, -0.1) is 11.3 Å². The zero-order valence-electron chi connectivity index (χ0n) is 13.9. The van der Waals surface area contributed by atoms with Gasteiger partial charge in [0.05, 0.1) is 0 Å². The number of fused-ring (bicyclic) bond motifs is 1. The van der Waals surface area contributed by atoms with Crippen molar-refractivity contribution in [3.63, 3.8) is 0 Å². The lowest BCUT2D eigenvalue weighted by molar-refractivity contribution is 0.518. The molecule has 0 saturated heterocycles. The maximum atomic E-state index is 2.43. The van der Waals surface area contributed by atoms with Gasteiger partial charge in [0.2, 0.25) is 0 Å². The molecule has 1 aromatic rings. The molecule has 0 aliphatic heterocycles. The summed E-state index contributed by atoms with van der Waals surface area (Å²) >= 11 is 1.94. The quantitative estimate of drug-likeness (QED) is 0.545. The van der Waals surface area contributed by atoms with Crippen molar-refractivity contribution in [1.82, 2.24) is 0 Å². The molecule has 1 heterocycles. The second kappa shape index (κ2) is 4.84. The minimum Gasteiger partial charge on any atom is -0.140 e. The summed E-state index contributed by atoms with van der Waals surface area (Å²) in [6.45, 7) is 13.6. The third-order valence-electron chi connectivity index (χ3n) is 4.38. The Morgan fingerprint density at radius 1 is 1.10 bits per heavy atom. The van der Waals surface area contributed by atoms with Crippen LogP contribution in [0.2, 0.25) is 0 Å². The molecule has 0 fully saturated rings. The third-order valence-corrected chi connectivity index (χ3v) is 5.45. The molecule has 0 saturated carbocycles. The first-order valence-corrected chi connectivity index (χ1v) is 8.51. The predicted molar refractivity (Wildman–Crippen MR) is 96.5 cm³/mol. The minimum atomic E-state index is 0.243. The normalized spacial score (nSPS) is 17.1. The van der Waals surface area contributed by atoms with Crippen molar-refractivity contribution in [3.05, 3.63) is 50.3 Å². The van der Waals surface area contributed by atoms with E-state index in [0.717, 1.165) is 6.42 Å². The van der Waals surface area contributed by atoms with Gasteiger partial charge in [0.25, 0.3) is 0 Å². The van der Waals surface area contributed by atoms with Crippen molar-refractivity contribution in [1.29, 1.82) is 0 Å². The van der Waals surface area contributed by atoms with E-state index in [0.29, 0.717) is 0 Å². The number of hydrogen-bond acceptors (Lipinski definition) is 1. The van der Waals surface area contributed by atoms with Crippen LogP contribution in [0.5, 0.6) is 0 Å². The molecule has 21 heavy (non-hydrogen) atoms. The van der Waals surface area contributed by atoms with Gasteiger partial charge in [0, 0.05) is 20.9 Å². The Hall–Kier alpha value is -1.34. The Morgan fingerprint density at radius 3 is 2.38 bits per heavy atom. The van der Waals surface area contributed by atoms with E-state index in [1.165, 1.54) is 43.2 Å². The van der Waals surface area contributed by atoms with Crippen LogP contribution in [-0.2, 0) is 0 Å². The van der Waals surface area contributed by atoms with Gasteiger partial charge in [-0.05, 0) is 55.4 Å². The molecule has 0 amide bonds. The number of rotatable bonds is 1. The molecule has 0 atom stereocenters. The van der Waals surface area contributed by atoms with Gasteiger partial charge >= 0.3 is 0 Å². The molecule has 2 aliphatic rings. The molecule has 110 valence electrons. The first-order valence-electron chi connectivity index (χ1n) is 7.70. The Kier molecular flexibility index (Phi) is 3.37. The summed E-state index contributed by atoms with van der Waals surface area (Å²) in [6, 6.07) is 0. The second-order valence-electron chi connectivity index (χ2n) is 7.30. The summed E-state index contributed by atoms with van der Waals surface area (Å²) in [4.78, 5) is 2.89. The van der Waals surface area contributed by atoms with Crippen LogP contribution in [0.15, 0.2) is 29.4 Å². The van der Waals surface area contributed by atoms with Crippen molar-refractivity contribution in [2.24, 2.45) is 5.41 Å². The molecule has 0 N–H and O–H groups in total. The lowest BCUT2D eigenvalue weighted by atomic mass is 9.87. The minimum absolute atomic E-state index is 0.243. The standard InChI is InChI=1S/C20H24S/c1-12(2)16-9-10-17-19(16)18(13(3)21-17)14-7-8-15(11-14)20(4,5)6/h8-11H,7H2,1-6H3. The van der Waals surface area contributed by atoms with Crippen LogP contribution in [0, 0.1) is 12.3 Å². The Labute approximate surface area is 132 Å². The van der Waals surface area contributed by atoms with E-state index in [2.05, 4.69) is 65.8 Å². The third kappa shape index (κ3) is 2.38. The highest BCUT2D eigenvalue weighted by molar-refractivity contribution is 7.13. The molecule has 2 aliphatic carbocycles. The van der Waals surface area contributed by atoms with Gasteiger partial charge < -0.3 is 0 Å². The van der Waals surface area contributed by atoms with Gasteiger partial charge in [-0.1, -0.05) is 44.6 Å². The molecular weight excluding hydrogens is 272 g/mol. The molecule has 0 bridgehead atoms. The Balaban J connectivity index is 2.11. The van der Waals surface area contributed by atoms with Crippen LogP contribution in [-0.4, -0.2) is 0 Å². The monoisotopic (exact) mass is 296 g/mol. The smallest absolute Gasteiger partial charge is 0.0358 e. The van der Waals surface area contributed by atoms with Crippen LogP contribution in [0.4, 0.5) is 0 Å². The van der Waals surface area contributed by atoms with E-state index in [4.69, 9.17) is 0 Å². The summed E-state index contributed by atoms with van der Waals surface area (Å²) in [5.41, 5.74) is 9.02. The largest absolute Gasteiger partial charge is 0.140 e. The average Bonchev–Trinajstić information content (AvgIpc) is 3.00. The summed E-state index contributed by atoms with van der Waals surface area (Å²) in [5.74, 6) is 0. The van der Waals surface area contributed by atoms with Crippen LogP contribution in [0.25, 0.3) is 17.2 Å². The number of aryl methyl sites for hydroxylation is 1. The second-order valence-corrected chi connectivity index (χ2v) is 8.56. The molecule has 3 rings (SSSR count). The lowest BCUT2D eigenvalue weighted by Gasteiger charge is -2.18. The lowest BCUT2D eigenvalue weighted by Crippen LogP contribution is -2.05. The fourth-order valence-corrected chi connectivity index (χ4v) is 4.33. The van der Waals surface area contributed by atoms with Gasteiger partial charge in [0.15, 0.2) is 0 Å². The Morgan fingerprint density at radius 2 is 1.81 bits per heavy atom. The maximum absolute atomic E-state index is 2.43.